The van der Waals surface area contributed by atoms with Gasteiger partial charge < -0.3 is 19.8 Å². The first kappa shape index (κ1) is 43.5. The maximum Gasteiger partial charge on any atom is 1.00 e. The molecule has 0 N–H and O–H groups in total. The number of rotatable bonds is 17. The molecule has 0 unspecified atom stereocenters. The van der Waals surface area contributed by atoms with Gasteiger partial charge in [0.25, 0.3) is 0 Å². The van der Waals surface area contributed by atoms with E-state index in [9.17, 15) is 76.9 Å². The normalized spacial score (nSPS) is 13.9. The summed E-state index contributed by atoms with van der Waals surface area (Å²) in [6.07, 6.45) is -10.7. The van der Waals surface area contributed by atoms with Crippen LogP contribution in [0.3, 0.4) is 0 Å². The fourth-order valence-corrected chi connectivity index (χ4v) is 3.33. The van der Waals surface area contributed by atoms with E-state index in [4.69, 9.17) is 0 Å². The first-order valence-corrected chi connectivity index (χ1v) is 10.8. The SMILES string of the molecule is CCCCCCCCCC(CCC(F)(F)C(F)(F)C(F)(F)C(F)(F)C(F)(F)C(F)(F)F)(C(=O)[O-])C(=O)[O-].[Na+].[Na+]. The molecule has 0 heterocycles. The Kier molecular flexibility index (Phi) is 17.3. The molecule has 19 heteroatoms. The third-order valence-corrected chi connectivity index (χ3v) is 5.85. The minimum Gasteiger partial charge on any atom is -0.549 e. The van der Waals surface area contributed by atoms with Crippen LogP contribution in [0.5, 0.6) is 0 Å². The Labute approximate surface area is 259 Å². The molecule has 0 saturated heterocycles. The maximum atomic E-state index is 14.0. The van der Waals surface area contributed by atoms with Crippen molar-refractivity contribution in [1.82, 2.24) is 0 Å². The van der Waals surface area contributed by atoms with Crippen molar-refractivity contribution in [3.63, 3.8) is 0 Å². The van der Waals surface area contributed by atoms with Gasteiger partial charge in [0.1, 0.15) is 0 Å². The van der Waals surface area contributed by atoms with E-state index in [0.717, 1.165) is 19.3 Å². The number of carboxylic acid groups (broad SMARTS) is 2. The summed E-state index contributed by atoms with van der Waals surface area (Å²) in [5.41, 5.74) is -3.52. The van der Waals surface area contributed by atoms with Gasteiger partial charge in [-0.25, -0.2) is 0 Å². The quantitative estimate of drug-likeness (QED) is 0.0919. The predicted octanol–water partition coefficient (Wildman–Crippen LogP) is -0.860. The van der Waals surface area contributed by atoms with Crippen molar-refractivity contribution in [2.75, 3.05) is 0 Å². The third kappa shape index (κ3) is 9.01. The van der Waals surface area contributed by atoms with Crippen LogP contribution in [0.2, 0.25) is 0 Å². The predicted molar refractivity (Wildman–Crippen MR) is 95.1 cm³/mol. The molecule has 39 heavy (non-hydrogen) atoms. The van der Waals surface area contributed by atoms with Gasteiger partial charge >= 0.3 is 94.9 Å². The molecule has 0 spiro atoms. The summed E-state index contributed by atoms with van der Waals surface area (Å²) in [5.74, 6) is -43.7. The van der Waals surface area contributed by atoms with Crippen LogP contribution in [0.15, 0.2) is 0 Å². The zero-order valence-electron chi connectivity index (χ0n) is 21.1. The number of carboxylic acids is 2. The number of halogens is 13. The number of hydrogen-bond acceptors (Lipinski definition) is 4. The van der Waals surface area contributed by atoms with Gasteiger partial charge in [-0.1, -0.05) is 51.9 Å². The zero-order valence-corrected chi connectivity index (χ0v) is 25.1. The molecule has 220 valence electrons. The summed E-state index contributed by atoms with van der Waals surface area (Å²) in [4.78, 5) is 22.8. The number of unbranched alkanes of at least 4 members (excludes halogenated alkanes) is 6. The van der Waals surface area contributed by atoms with Gasteiger partial charge in [0, 0.05) is 11.8 Å². The Morgan fingerprint density at radius 2 is 0.872 bits per heavy atom. The van der Waals surface area contributed by atoms with E-state index in [2.05, 4.69) is 0 Å². The fourth-order valence-electron chi connectivity index (χ4n) is 3.33. The van der Waals surface area contributed by atoms with E-state index in [1.165, 1.54) is 0 Å². The molecule has 0 aromatic carbocycles. The van der Waals surface area contributed by atoms with Gasteiger partial charge in [0.05, 0.1) is 11.9 Å². The topological polar surface area (TPSA) is 80.3 Å². The minimum absolute atomic E-state index is 0. The summed E-state index contributed by atoms with van der Waals surface area (Å²) in [5, 5.41) is 22.8. The smallest absolute Gasteiger partial charge is 0.549 e. The molecule has 4 nitrogen and oxygen atoms in total. The van der Waals surface area contributed by atoms with Crippen molar-refractivity contribution >= 4 is 11.9 Å². The van der Waals surface area contributed by atoms with Crippen LogP contribution in [0, 0.1) is 5.41 Å². The molecule has 0 bridgehead atoms. The third-order valence-electron chi connectivity index (χ3n) is 5.85. The Morgan fingerprint density at radius 3 is 1.23 bits per heavy atom. The van der Waals surface area contributed by atoms with Crippen LogP contribution in [-0.2, 0) is 9.59 Å². The van der Waals surface area contributed by atoms with Crippen LogP contribution < -0.4 is 69.3 Å². The molecule has 0 amide bonds. The van der Waals surface area contributed by atoms with E-state index in [-0.39, 0.29) is 72.0 Å². The Hall–Kier alpha value is 0.0300. The van der Waals surface area contributed by atoms with Crippen molar-refractivity contribution in [1.29, 1.82) is 0 Å². The van der Waals surface area contributed by atoms with Crippen molar-refractivity contribution in [3.8, 4) is 0 Å². The van der Waals surface area contributed by atoms with Crippen molar-refractivity contribution in [2.45, 2.75) is 107 Å². The summed E-state index contributed by atoms with van der Waals surface area (Å²) in [7, 11) is 0. The Bertz CT molecular complexity index is 776. The molecular formula is C20H23F13Na2O4. The monoisotopic (exact) mass is 620 g/mol. The molecule has 0 aliphatic rings. The Balaban J connectivity index is -0.00000648. The Morgan fingerprint density at radius 1 is 0.513 bits per heavy atom. The number of hydrogen-bond donors (Lipinski definition) is 0. The van der Waals surface area contributed by atoms with Crippen molar-refractivity contribution in [2.24, 2.45) is 5.41 Å². The molecule has 0 radical (unpaired) electrons. The zero-order chi connectivity index (χ0) is 29.7. The number of aliphatic carboxylic acids is 2. The van der Waals surface area contributed by atoms with Crippen LogP contribution in [0.25, 0.3) is 0 Å². The second kappa shape index (κ2) is 15.5. The van der Waals surface area contributed by atoms with Crippen LogP contribution in [0.4, 0.5) is 57.1 Å². The number of alkyl halides is 13. The molecule has 0 fully saturated rings. The van der Waals surface area contributed by atoms with Crippen molar-refractivity contribution in [3.05, 3.63) is 0 Å². The first-order chi connectivity index (χ1) is 16.4. The summed E-state index contributed by atoms with van der Waals surface area (Å²) in [6, 6.07) is 0. The fraction of sp³-hybridized carbons (Fsp3) is 0.900. The van der Waals surface area contributed by atoms with Gasteiger partial charge in [-0.15, -0.1) is 0 Å². The standard InChI is InChI=1S/C20H25F13O4.2Na/c1-2-3-4-5-6-7-8-9-14(12(34)35,13(36)37)10-11-15(21,22)16(23,24)17(25,26)18(27,28)19(29,30)20(31,32)33;;/h2-11H2,1H3,(H,34,35)(H,36,37);;/q;2*+1/p-2. The van der Waals surface area contributed by atoms with E-state index in [1.807, 2.05) is 6.92 Å². The van der Waals surface area contributed by atoms with E-state index in [1.54, 1.807) is 0 Å². The van der Waals surface area contributed by atoms with E-state index >= 15 is 0 Å². The van der Waals surface area contributed by atoms with Crippen LogP contribution >= 0.6 is 0 Å². The maximum absolute atomic E-state index is 14.0. The average molecular weight is 620 g/mol. The molecular weight excluding hydrogens is 597 g/mol. The van der Waals surface area contributed by atoms with Crippen molar-refractivity contribution < 1.29 is 136 Å². The van der Waals surface area contributed by atoms with Gasteiger partial charge in [0.2, 0.25) is 0 Å². The second-order valence-corrected chi connectivity index (χ2v) is 8.53. The van der Waals surface area contributed by atoms with Gasteiger partial charge in [-0.05, 0) is 12.8 Å². The molecule has 0 aromatic rings. The minimum atomic E-state index is -8.11. The van der Waals surface area contributed by atoms with Crippen LogP contribution in [-0.4, -0.2) is 47.7 Å². The molecule has 0 rings (SSSR count). The summed E-state index contributed by atoms with van der Waals surface area (Å²) in [6.45, 7) is 1.88. The van der Waals surface area contributed by atoms with E-state index in [0.29, 0.717) is 12.8 Å². The van der Waals surface area contributed by atoms with Gasteiger partial charge in [-0.2, -0.15) is 57.1 Å². The molecule has 0 aliphatic heterocycles. The second-order valence-electron chi connectivity index (χ2n) is 8.53. The first-order valence-electron chi connectivity index (χ1n) is 10.8. The summed E-state index contributed by atoms with van der Waals surface area (Å²) < 4.78 is 172. The average Bonchev–Trinajstić information content (AvgIpc) is 2.73. The number of carbonyl (C=O) groups excluding carboxylic acids is 2. The molecule has 0 saturated carbocycles. The molecule has 0 aromatic heterocycles. The molecule has 0 atom stereocenters. The largest absolute Gasteiger partial charge is 1.00 e. The molecule has 0 aliphatic carbocycles. The summed E-state index contributed by atoms with van der Waals surface area (Å²) >= 11 is 0. The van der Waals surface area contributed by atoms with Gasteiger partial charge in [-0.3, -0.25) is 0 Å². The van der Waals surface area contributed by atoms with Crippen LogP contribution in [0.1, 0.15) is 71.1 Å². The van der Waals surface area contributed by atoms with Gasteiger partial charge in [0.15, 0.2) is 0 Å². The number of carbonyl (C=O) groups is 2. The van der Waals surface area contributed by atoms with E-state index < -0.39 is 72.4 Å².